The van der Waals surface area contributed by atoms with E-state index in [1.54, 1.807) is 0 Å². The molecular weight excluding hydrogens is 304 g/mol. The molecule has 7 nitrogen and oxygen atoms in total. The van der Waals surface area contributed by atoms with E-state index in [0.717, 1.165) is 13.0 Å². The molecule has 0 aromatic heterocycles. The van der Waals surface area contributed by atoms with Crippen molar-refractivity contribution in [3.63, 3.8) is 0 Å². The fraction of sp³-hybridized carbons (Fsp3) is 0.125. The van der Waals surface area contributed by atoms with E-state index in [1.165, 1.54) is 30.3 Å². The minimum atomic E-state index is -1.75. The number of carbonyl (C=O) groups is 4. The maximum atomic E-state index is 12.1. The summed E-state index contributed by atoms with van der Waals surface area (Å²) in [6.45, 7) is 1.01. The molecule has 0 aliphatic carbocycles. The van der Waals surface area contributed by atoms with Crippen molar-refractivity contribution in [3.05, 3.63) is 47.2 Å². The van der Waals surface area contributed by atoms with Crippen molar-refractivity contribution in [2.24, 2.45) is 5.92 Å². The number of benzene rings is 1. The minimum Gasteiger partial charge on any atom is -0.510 e. The SMILES string of the molecule is CC(=O)C1=C(O)C(C(=O)/C=C/c2ccc(O)cc2)C(=O)OC1=O. The molecule has 1 aliphatic rings. The second-order valence-electron chi connectivity index (χ2n) is 4.79. The predicted molar refractivity (Wildman–Crippen MR) is 77.1 cm³/mol. The number of hydrogen-bond acceptors (Lipinski definition) is 7. The first-order valence-electron chi connectivity index (χ1n) is 6.52. The highest BCUT2D eigenvalue weighted by molar-refractivity contribution is 6.24. The molecule has 0 saturated heterocycles. The number of aliphatic hydroxyl groups excluding tert-OH is 1. The van der Waals surface area contributed by atoms with Gasteiger partial charge in [-0.3, -0.25) is 14.4 Å². The molecule has 118 valence electrons. The van der Waals surface area contributed by atoms with Crippen molar-refractivity contribution < 1.29 is 34.1 Å². The fourth-order valence-electron chi connectivity index (χ4n) is 2.00. The van der Waals surface area contributed by atoms with Crippen LogP contribution in [0.15, 0.2) is 41.7 Å². The highest BCUT2D eigenvalue weighted by atomic mass is 16.6. The van der Waals surface area contributed by atoms with Gasteiger partial charge in [0.1, 0.15) is 17.1 Å². The molecule has 7 heteroatoms. The Morgan fingerprint density at radius 3 is 2.30 bits per heavy atom. The molecule has 1 aromatic carbocycles. The zero-order valence-corrected chi connectivity index (χ0v) is 12.0. The molecule has 1 heterocycles. The van der Waals surface area contributed by atoms with Crippen LogP contribution in [0.25, 0.3) is 6.08 Å². The van der Waals surface area contributed by atoms with Crippen molar-refractivity contribution in [2.75, 3.05) is 0 Å². The number of hydrogen-bond donors (Lipinski definition) is 2. The molecule has 1 aromatic rings. The first kappa shape index (κ1) is 16.2. The number of allylic oxidation sites excluding steroid dienone is 1. The molecule has 1 unspecified atom stereocenters. The first-order valence-corrected chi connectivity index (χ1v) is 6.52. The summed E-state index contributed by atoms with van der Waals surface area (Å²) < 4.78 is 4.33. The van der Waals surface area contributed by atoms with Gasteiger partial charge in [-0.15, -0.1) is 0 Å². The summed E-state index contributed by atoms with van der Waals surface area (Å²) in [4.78, 5) is 46.4. The quantitative estimate of drug-likeness (QED) is 0.369. The van der Waals surface area contributed by atoms with E-state index in [1.807, 2.05) is 0 Å². The van der Waals surface area contributed by atoms with Crippen LogP contribution in [0.3, 0.4) is 0 Å². The lowest BCUT2D eigenvalue weighted by atomic mass is 9.93. The van der Waals surface area contributed by atoms with Gasteiger partial charge in [-0.05, 0) is 30.7 Å². The summed E-state index contributed by atoms with van der Waals surface area (Å²) in [5.74, 6) is -6.76. The second-order valence-corrected chi connectivity index (χ2v) is 4.79. The van der Waals surface area contributed by atoms with Crippen LogP contribution >= 0.6 is 0 Å². The molecule has 2 rings (SSSR count). The molecule has 23 heavy (non-hydrogen) atoms. The van der Waals surface area contributed by atoms with Gasteiger partial charge < -0.3 is 14.9 Å². The lowest BCUT2D eigenvalue weighted by Gasteiger charge is -2.19. The van der Waals surface area contributed by atoms with Gasteiger partial charge in [0, 0.05) is 0 Å². The van der Waals surface area contributed by atoms with Gasteiger partial charge in [-0.2, -0.15) is 0 Å². The lowest BCUT2D eigenvalue weighted by molar-refractivity contribution is -0.162. The normalized spacial score (nSPS) is 18.2. The van der Waals surface area contributed by atoms with E-state index in [9.17, 15) is 24.3 Å². The minimum absolute atomic E-state index is 0.0505. The number of ether oxygens (including phenoxy) is 1. The highest BCUT2D eigenvalue weighted by Gasteiger charge is 2.42. The Bertz CT molecular complexity index is 753. The van der Waals surface area contributed by atoms with Crippen LogP contribution in [0.1, 0.15) is 12.5 Å². The molecule has 0 spiro atoms. The van der Waals surface area contributed by atoms with Crippen LogP contribution in [0.5, 0.6) is 5.75 Å². The summed E-state index contributed by atoms with van der Waals surface area (Å²) in [5.41, 5.74) is -0.146. The second kappa shape index (κ2) is 6.27. The Morgan fingerprint density at radius 1 is 1.13 bits per heavy atom. The summed E-state index contributed by atoms with van der Waals surface area (Å²) >= 11 is 0. The lowest BCUT2D eigenvalue weighted by Crippen LogP contribution is -2.37. The van der Waals surface area contributed by atoms with E-state index in [0.29, 0.717) is 5.56 Å². The number of ketones is 2. The smallest absolute Gasteiger partial charge is 0.352 e. The third-order valence-electron chi connectivity index (χ3n) is 3.13. The number of phenolic OH excluding ortho intramolecular Hbond substituents is 1. The number of Topliss-reactive ketones (excluding diaryl/α,β-unsaturated/α-hetero) is 1. The maximum absolute atomic E-state index is 12.1. The van der Waals surface area contributed by atoms with Gasteiger partial charge in [0.2, 0.25) is 0 Å². The van der Waals surface area contributed by atoms with Crippen LogP contribution in [-0.4, -0.2) is 33.7 Å². The van der Waals surface area contributed by atoms with Crippen molar-refractivity contribution in [1.82, 2.24) is 0 Å². The molecule has 0 fully saturated rings. The van der Waals surface area contributed by atoms with E-state index in [4.69, 9.17) is 5.11 Å². The standard InChI is InChI=1S/C16H12O7/c1-8(17)12-14(20)13(16(22)23-15(12)21)11(19)7-4-9-2-5-10(18)6-3-9/h2-7,13,18,20H,1H3/b7-4+. The van der Waals surface area contributed by atoms with Crippen LogP contribution in [0.2, 0.25) is 0 Å². The third-order valence-corrected chi connectivity index (χ3v) is 3.13. The van der Waals surface area contributed by atoms with E-state index in [2.05, 4.69) is 4.74 Å². The van der Waals surface area contributed by atoms with Crippen molar-refractivity contribution in [2.45, 2.75) is 6.92 Å². The summed E-state index contributed by atoms with van der Waals surface area (Å²) in [6.07, 6.45) is 2.37. The zero-order valence-electron chi connectivity index (χ0n) is 12.0. The number of cyclic esters (lactones) is 2. The van der Waals surface area contributed by atoms with Crippen molar-refractivity contribution in [1.29, 1.82) is 0 Å². The molecule has 0 amide bonds. The number of rotatable bonds is 4. The number of carbonyl (C=O) groups excluding carboxylic acids is 4. The Morgan fingerprint density at radius 2 is 1.74 bits per heavy atom. The number of esters is 2. The molecule has 0 saturated carbocycles. The van der Waals surface area contributed by atoms with Crippen molar-refractivity contribution in [3.8, 4) is 5.75 Å². The van der Waals surface area contributed by atoms with Crippen molar-refractivity contribution >= 4 is 29.6 Å². The summed E-state index contributed by atoms with van der Waals surface area (Å²) in [5, 5.41) is 19.1. The topological polar surface area (TPSA) is 118 Å². The first-order chi connectivity index (χ1) is 10.8. The van der Waals surface area contributed by atoms with Gasteiger partial charge >= 0.3 is 11.9 Å². The number of aliphatic hydroxyl groups is 1. The van der Waals surface area contributed by atoms with Crippen LogP contribution in [0, 0.1) is 5.92 Å². The maximum Gasteiger partial charge on any atom is 0.352 e. The van der Waals surface area contributed by atoms with Crippen LogP contribution in [-0.2, 0) is 23.9 Å². The van der Waals surface area contributed by atoms with Crippen LogP contribution < -0.4 is 0 Å². The molecule has 1 aliphatic heterocycles. The van der Waals surface area contributed by atoms with Gasteiger partial charge in [-0.25, -0.2) is 4.79 Å². The average molecular weight is 316 g/mol. The number of phenols is 1. The summed E-state index contributed by atoms with van der Waals surface area (Å²) in [6, 6.07) is 5.86. The number of aromatic hydroxyl groups is 1. The van der Waals surface area contributed by atoms with Gasteiger partial charge in [-0.1, -0.05) is 18.2 Å². The predicted octanol–water partition coefficient (Wildman–Crippen LogP) is 1.08. The van der Waals surface area contributed by atoms with E-state index < -0.39 is 40.8 Å². The molecular formula is C16H12O7. The van der Waals surface area contributed by atoms with Gasteiger partial charge in [0.15, 0.2) is 17.5 Å². The molecule has 2 N–H and O–H groups in total. The third kappa shape index (κ3) is 3.34. The fourth-order valence-corrected chi connectivity index (χ4v) is 2.00. The Hall–Kier alpha value is -3.22. The molecule has 0 bridgehead atoms. The molecule has 0 radical (unpaired) electrons. The van der Waals surface area contributed by atoms with Crippen LogP contribution in [0.4, 0.5) is 0 Å². The molecule has 1 atom stereocenters. The van der Waals surface area contributed by atoms with Gasteiger partial charge in [0.25, 0.3) is 0 Å². The summed E-state index contributed by atoms with van der Waals surface area (Å²) in [7, 11) is 0. The average Bonchev–Trinajstić information content (AvgIpc) is 2.45. The van der Waals surface area contributed by atoms with Gasteiger partial charge in [0.05, 0.1) is 0 Å². The Balaban J connectivity index is 2.30. The van der Waals surface area contributed by atoms with E-state index in [-0.39, 0.29) is 5.75 Å². The van der Waals surface area contributed by atoms with E-state index >= 15 is 0 Å². The Labute approximate surface area is 130 Å². The monoisotopic (exact) mass is 316 g/mol. The Kier molecular flexibility index (Phi) is 4.40. The largest absolute Gasteiger partial charge is 0.510 e. The highest BCUT2D eigenvalue weighted by Crippen LogP contribution is 2.24. The zero-order chi connectivity index (χ0) is 17.1.